The molecule has 2 saturated heterocycles. The number of esters is 1. The van der Waals surface area contributed by atoms with Crippen molar-refractivity contribution in [1.29, 1.82) is 0 Å². The molecular formula is C24H31N3O4S. The minimum atomic E-state index is -0.390. The van der Waals surface area contributed by atoms with E-state index in [1.54, 1.807) is 12.3 Å². The van der Waals surface area contributed by atoms with Gasteiger partial charge in [0.15, 0.2) is 0 Å². The lowest BCUT2D eigenvalue weighted by Crippen LogP contribution is -2.46. The summed E-state index contributed by atoms with van der Waals surface area (Å²) in [6.07, 6.45) is 11.5. The first-order chi connectivity index (χ1) is 15.5. The minimum absolute atomic E-state index is 0.0399. The molecule has 4 rings (SSSR count). The standard InChI is InChI=1S/C24H31N3O4S/c1-31-23(30)18-7-4-3-6-17(18)21(28)27-15-11-24(16-27)9-13-26(14-10-24)22(29)19-8-5-12-25-20(19)32-2/h3-5,8,12,17-18H,6-7,9-11,13-16H2,1-2H3/t17-,18+/m1/s1. The number of rotatable bonds is 4. The zero-order valence-electron chi connectivity index (χ0n) is 18.8. The molecule has 0 aromatic carbocycles. The van der Waals surface area contributed by atoms with Crippen molar-refractivity contribution >= 4 is 29.5 Å². The van der Waals surface area contributed by atoms with Crippen molar-refractivity contribution in [2.45, 2.75) is 37.1 Å². The van der Waals surface area contributed by atoms with Crippen LogP contribution in [-0.4, -0.2) is 72.1 Å². The number of methoxy groups -OCH3 is 1. The van der Waals surface area contributed by atoms with E-state index in [-0.39, 0.29) is 29.1 Å². The lowest BCUT2D eigenvalue weighted by molar-refractivity contribution is -0.153. The Morgan fingerprint density at radius 1 is 1.06 bits per heavy atom. The Morgan fingerprint density at radius 3 is 2.38 bits per heavy atom. The molecule has 3 heterocycles. The first kappa shape index (κ1) is 22.8. The van der Waals surface area contributed by atoms with Gasteiger partial charge in [-0.15, -0.1) is 11.8 Å². The van der Waals surface area contributed by atoms with Crippen molar-refractivity contribution in [2.24, 2.45) is 17.3 Å². The number of allylic oxidation sites excluding steroid dienone is 2. The fraction of sp³-hybridized carbons (Fsp3) is 0.583. The Hall–Kier alpha value is -2.35. The van der Waals surface area contributed by atoms with Crippen molar-refractivity contribution in [3.8, 4) is 0 Å². The van der Waals surface area contributed by atoms with Crippen LogP contribution in [0.15, 0.2) is 35.5 Å². The van der Waals surface area contributed by atoms with Gasteiger partial charge in [0.05, 0.1) is 24.5 Å². The van der Waals surface area contributed by atoms with Crippen molar-refractivity contribution in [1.82, 2.24) is 14.8 Å². The largest absolute Gasteiger partial charge is 0.469 e. The molecule has 2 aliphatic heterocycles. The zero-order valence-corrected chi connectivity index (χ0v) is 19.6. The first-order valence-electron chi connectivity index (χ1n) is 11.3. The molecule has 2 amide bonds. The van der Waals surface area contributed by atoms with Crippen LogP contribution in [0.3, 0.4) is 0 Å². The Balaban J connectivity index is 1.37. The van der Waals surface area contributed by atoms with Gasteiger partial charge < -0.3 is 14.5 Å². The van der Waals surface area contributed by atoms with Crippen LogP contribution in [0.2, 0.25) is 0 Å². The third-order valence-electron chi connectivity index (χ3n) is 7.31. The summed E-state index contributed by atoms with van der Waals surface area (Å²) in [4.78, 5) is 46.7. The molecule has 172 valence electrons. The Kier molecular flexibility index (Phi) is 6.88. The van der Waals surface area contributed by atoms with Gasteiger partial charge in [-0.3, -0.25) is 14.4 Å². The second-order valence-corrected chi connectivity index (χ2v) is 9.84. The molecule has 0 radical (unpaired) electrons. The van der Waals surface area contributed by atoms with Crippen LogP contribution in [0.25, 0.3) is 0 Å². The van der Waals surface area contributed by atoms with Crippen molar-refractivity contribution in [3.63, 3.8) is 0 Å². The third-order valence-corrected chi connectivity index (χ3v) is 8.02. The molecule has 1 aromatic rings. The van der Waals surface area contributed by atoms with Crippen LogP contribution in [0.5, 0.6) is 0 Å². The molecule has 8 heteroatoms. The molecule has 0 unspecified atom stereocenters. The maximum atomic E-state index is 13.3. The fourth-order valence-electron chi connectivity index (χ4n) is 5.34. The van der Waals surface area contributed by atoms with E-state index in [4.69, 9.17) is 4.74 Å². The third kappa shape index (κ3) is 4.42. The zero-order chi connectivity index (χ0) is 22.7. The number of ether oxygens (including phenoxy) is 1. The van der Waals surface area contributed by atoms with E-state index in [1.807, 2.05) is 34.3 Å². The number of carbonyl (C=O) groups is 3. The molecule has 3 aliphatic rings. The highest BCUT2D eigenvalue weighted by atomic mass is 32.2. The van der Waals surface area contributed by atoms with Crippen LogP contribution in [0.1, 0.15) is 42.5 Å². The van der Waals surface area contributed by atoms with Gasteiger partial charge in [0.2, 0.25) is 5.91 Å². The summed E-state index contributed by atoms with van der Waals surface area (Å²) in [7, 11) is 1.38. The average Bonchev–Trinajstić information content (AvgIpc) is 3.26. The molecule has 0 saturated carbocycles. The molecule has 1 aliphatic carbocycles. The summed E-state index contributed by atoms with van der Waals surface area (Å²) >= 11 is 1.49. The van der Waals surface area contributed by atoms with Crippen LogP contribution in [0, 0.1) is 17.3 Å². The number of nitrogens with zero attached hydrogens (tertiary/aromatic N) is 3. The topological polar surface area (TPSA) is 79.8 Å². The number of pyridine rings is 1. The second-order valence-electron chi connectivity index (χ2n) is 9.04. The molecule has 0 N–H and O–H groups in total. The van der Waals surface area contributed by atoms with E-state index < -0.39 is 5.92 Å². The summed E-state index contributed by atoms with van der Waals surface area (Å²) in [6.45, 7) is 2.83. The predicted octanol–water partition coefficient (Wildman–Crippen LogP) is 3.01. The highest BCUT2D eigenvalue weighted by Crippen LogP contribution is 2.42. The summed E-state index contributed by atoms with van der Waals surface area (Å²) in [5.74, 6) is -0.912. The van der Waals surface area contributed by atoms with Gasteiger partial charge in [-0.05, 0) is 55.9 Å². The Morgan fingerprint density at radius 2 is 1.72 bits per heavy atom. The number of amides is 2. The number of likely N-dealkylation sites (tertiary alicyclic amines) is 2. The van der Waals surface area contributed by atoms with Gasteiger partial charge in [-0.1, -0.05) is 12.2 Å². The van der Waals surface area contributed by atoms with E-state index >= 15 is 0 Å². The molecule has 1 aromatic heterocycles. The van der Waals surface area contributed by atoms with Crippen LogP contribution >= 0.6 is 11.8 Å². The smallest absolute Gasteiger partial charge is 0.309 e. The predicted molar refractivity (Wildman–Crippen MR) is 122 cm³/mol. The van der Waals surface area contributed by atoms with Crippen LogP contribution in [0.4, 0.5) is 0 Å². The maximum absolute atomic E-state index is 13.3. The normalized spacial score (nSPS) is 24.6. The molecule has 7 nitrogen and oxygen atoms in total. The first-order valence-corrected chi connectivity index (χ1v) is 12.5. The van der Waals surface area contributed by atoms with Gasteiger partial charge in [0, 0.05) is 32.4 Å². The fourth-order valence-corrected chi connectivity index (χ4v) is 5.88. The van der Waals surface area contributed by atoms with Crippen LogP contribution in [-0.2, 0) is 14.3 Å². The van der Waals surface area contributed by atoms with Crippen molar-refractivity contribution < 1.29 is 19.1 Å². The number of hydrogen-bond donors (Lipinski definition) is 0. The maximum Gasteiger partial charge on any atom is 0.309 e. The van der Waals surface area contributed by atoms with E-state index in [2.05, 4.69) is 4.98 Å². The molecule has 2 fully saturated rings. The van der Waals surface area contributed by atoms with Crippen LogP contribution < -0.4 is 0 Å². The number of aromatic nitrogens is 1. The SMILES string of the molecule is COC(=O)[C@H]1CC=CC[C@H]1C(=O)N1CCC2(CCN(C(=O)c3cccnc3SC)CC2)C1. The number of carbonyl (C=O) groups excluding carboxylic acids is 3. The highest BCUT2D eigenvalue weighted by Gasteiger charge is 2.45. The Labute approximate surface area is 193 Å². The average molecular weight is 458 g/mol. The van der Waals surface area contributed by atoms with E-state index in [0.29, 0.717) is 38.0 Å². The van der Waals surface area contributed by atoms with Gasteiger partial charge in [0.25, 0.3) is 5.91 Å². The molecule has 2 atom stereocenters. The highest BCUT2D eigenvalue weighted by molar-refractivity contribution is 7.98. The van der Waals surface area contributed by atoms with E-state index in [9.17, 15) is 14.4 Å². The summed E-state index contributed by atoms with van der Waals surface area (Å²) < 4.78 is 4.94. The van der Waals surface area contributed by atoms with E-state index in [0.717, 1.165) is 30.8 Å². The summed E-state index contributed by atoms with van der Waals surface area (Å²) in [6, 6.07) is 3.65. The van der Waals surface area contributed by atoms with Crippen molar-refractivity contribution in [2.75, 3.05) is 39.5 Å². The molecule has 32 heavy (non-hydrogen) atoms. The number of piperidine rings is 1. The van der Waals surface area contributed by atoms with Gasteiger partial charge in [0.1, 0.15) is 5.03 Å². The second kappa shape index (κ2) is 9.65. The molecule has 0 bridgehead atoms. The van der Waals surface area contributed by atoms with Crippen molar-refractivity contribution in [3.05, 3.63) is 36.0 Å². The lowest BCUT2D eigenvalue weighted by atomic mass is 9.77. The molecule has 1 spiro atoms. The summed E-state index contributed by atoms with van der Waals surface area (Å²) in [5.41, 5.74) is 0.730. The quantitative estimate of drug-likeness (QED) is 0.393. The monoisotopic (exact) mass is 457 g/mol. The molecular weight excluding hydrogens is 426 g/mol. The number of thioether (sulfide) groups is 1. The van der Waals surface area contributed by atoms with Gasteiger partial charge in [-0.2, -0.15) is 0 Å². The minimum Gasteiger partial charge on any atom is -0.469 e. The van der Waals surface area contributed by atoms with Gasteiger partial charge in [-0.25, -0.2) is 4.98 Å². The van der Waals surface area contributed by atoms with Gasteiger partial charge >= 0.3 is 5.97 Å². The summed E-state index contributed by atoms with van der Waals surface area (Å²) in [5, 5.41) is 0.761. The lowest BCUT2D eigenvalue weighted by Gasteiger charge is -2.39. The number of hydrogen-bond acceptors (Lipinski definition) is 6. The van der Waals surface area contributed by atoms with E-state index in [1.165, 1.54) is 18.9 Å². The Bertz CT molecular complexity index is 910.